The van der Waals surface area contributed by atoms with E-state index in [1.54, 1.807) is 0 Å². The minimum Gasteiger partial charge on any atom is -0.492 e. The molecule has 1 aromatic heterocycles. The second-order valence-electron chi connectivity index (χ2n) is 8.29. The summed E-state index contributed by atoms with van der Waals surface area (Å²) in [6, 6.07) is 23.5. The lowest BCUT2D eigenvalue weighted by Crippen LogP contribution is -2.27. The molecule has 0 saturated heterocycles. The first-order chi connectivity index (χ1) is 16.1. The zero-order valence-corrected chi connectivity index (χ0v) is 19.6. The quantitative estimate of drug-likeness (QED) is 0.272. The van der Waals surface area contributed by atoms with E-state index in [0.717, 1.165) is 41.9 Å². The van der Waals surface area contributed by atoms with E-state index in [0.29, 0.717) is 29.9 Å². The number of likely N-dealkylation sites (N-methyl/N-ethyl adjacent to an activating group) is 1. The number of ketones is 1. The van der Waals surface area contributed by atoms with E-state index in [-0.39, 0.29) is 5.78 Å². The first-order valence-corrected chi connectivity index (χ1v) is 11.6. The molecule has 0 amide bonds. The van der Waals surface area contributed by atoms with Gasteiger partial charge < -0.3 is 14.1 Å². The fraction of sp³-hybridized carbons (Fsp3) is 0.276. The summed E-state index contributed by atoms with van der Waals surface area (Å²) in [7, 11) is 0. The predicted molar refractivity (Wildman–Crippen MR) is 133 cm³/mol. The van der Waals surface area contributed by atoms with Crippen LogP contribution >= 0.6 is 0 Å². The van der Waals surface area contributed by atoms with E-state index in [1.807, 2.05) is 48.5 Å². The molecule has 4 nitrogen and oxygen atoms in total. The van der Waals surface area contributed by atoms with Crippen LogP contribution in [-0.2, 0) is 6.42 Å². The van der Waals surface area contributed by atoms with Crippen molar-refractivity contribution in [2.24, 2.45) is 0 Å². The average Bonchev–Trinajstić information content (AvgIpc) is 3.21. The van der Waals surface area contributed by atoms with Crippen molar-refractivity contribution in [3.05, 3.63) is 101 Å². The summed E-state index contributed by atoms with van der Waals surface area (Å²) in [5.74, 6) is 1.44. The number of rotatable bonds is 10. The molecule has 170 valence electrons. The Balaban J connectivity index is 1.56. The van der Waals surface area contributed by atoms with Crippen molar-refractivity contribution >= 4 is 16.8 Å². The van der Waals surface area contributed by atoms with Gasteiger partial charge in [0.25, 0.3) is 0 Å². The SMILES string of the molecule is CCN(CC)CCOc1ccc(C(=O)c2c(Cc3ccc(C)cc3)oc3ccccc23)cc1. The Morgan fingerprint density at radius 2 is 1.61 bits per heavy atom. The first kappa shape index (κ1) is 22.8. The maximum atomic E-state index is 13.6. The number of carbonyl (C=O) groups excluding carboxylic acids is 1. The smallest absolute Gasteiger partial charge is 0.197 e. The van der Waals surface area contributed by atoms with Gasteiger partial charge in [0.1, 0.15) is 23.7 Å². The van der Waals surface area contributed by atoms with Gasteiger partial charge in [0.2, 0.25) is 0 Å². The van der Waals surface area contributed by atoms with Crippen molar-refractivity contribution in [2.45, 2.75) is 27.2 Å². The Morgan fingerprint density at radius 1 is 0.909 bits per heavy atom. The van der Waals surface area contributed by atoms with Crippen LogP contribution in [0.25, 0.3) is 11.0 Å². The van der Waals surface area contributed by atoms with Gasteiger partial charge in [0.15, 0.2) is 5.78 Å². The van der Waals surface area contributed by atoms with E-state index in [4.69, 9.17) is 9.15 Å². The van der Waals surface area contributed by atoms with Crippen LogP contribution < -0.4 is 4.74 Å². The molecule has 0 aliphatic carbocycles. The lowest BCUT2D eigenvalue weighted by Gasteiger charge is -2.18. The van der Waals surface area contributed by atoms with Gasteiger partial charge in [0.05, 0.1) is 5.56 Å². The molecule has 4 rings (SSSR count). The number of carbonyl (C=O) groups is 1. The van der Waals surface area contributed by atoms with Crippen LogP contribution in [0, 0.1) is 6.92 Å². The van der Waals surface area contributed by atoms with E-state index >= 15 is 0 Å². The van der Waals surface area contributed by atoms with Crippen LogP contribution in [0.4, 0.5) is 0 Å². The van der Waals surface area contributed by atoms with Crippen molar-refractivity contribution in [1.29, 1.82) is 0 Å². The van der Waals surface area contributed by atoms with E-state index in [2.05, 4.69) is 49.9 Å². The van der Waals surface area contributed by atoms with Crippen LogP contribution in [0.15, 0.2) is 77.2 Å². The molecule has 4 heteroatoms. The Kier molecular flexibility index (Phi) is 7.26. The first-order valence-electron chi connectivity index (χ1n) is 11.6. The van der Waals surface area contributed by atoms with E-state index in [9.17, 15) is 4.79 Å². The molecule has 0 bridgehead atoms. The summed E-state index contributed by atoms with van der Waals surface area (Å²) >= 11 is 0. The van der Waals surface area contributed by atoms with Crippen molar-refractivity contribution < 1.29 is 13.9 Å². The molecule has 0 saturated carbocycles. The molecule has 0 N–H and O–H groups in total. The van der Waals surface area contributed by atoms with Gasteiger partial charge in [-0.25, -0.2) is 0 Å². The number of benzene rings is 3. The number of hydrogen-bond acceptors (Lipinski definition) is 4. The van der Waals surface area contributed by atoms with E-state index in [1.165, 1.54) is 5.56 Å². The molecule has 0 aliphatic rings. The monoisotopic (exact) mass is 441 g/mol. The molecule has 3 aromatic carbocycles. The molecule has 4 aromatic rings. The molecule has 0 spiro atoms. The highest BCUT2D eigenvalue weighted by Crippen LogP contribution is 2.30. The van der Waals surface area contributed by atoms with Crippen molar-refractivity contribution in [1.82, 2.24) is 4.90 Å². The van der Waals surface area contributed by atoms with Gasteiger partial charge in [-0.15, -0.1) is 0 Å². The van der Waals surface area contributed by atoms with Gasteiger partial charge >= 0.3 is 0 Å². The van der Waals surface area contributed by atoms with Crippen LogP contribution in [0.2, 0.25) is 0 Å². The number of hydrogen-bond donors (Lipinski definition) is 0. The maximum absolute atomic E-state index is 13.6. The highest BCUT2D eigenvalue weighted by Gasteiger charge is 2.22. The summed E-state index contributed by atoms with van der Waals surface area (Å²) in [6.45, 7) is 9.90. The molecular weight excluding hydrogens is 410 g/mol. The fourth-order valence-electron chi connectivity index (χ4n) is 4.04. The highest BCUT2D eigenvalue weighted by molar-refractivity contribution is 6.16. The topological polar surface area (TPSA) is 42.7 Å². The van der Waals surface area contributed by atoms with Crippen molar-refractivity contribution in [2.75, 3.05) is 26.2 Å². The van der Waals surface area contributed by atoms with Crippen molar-refractivity contribution in [3.63, 3.8) is 0 Å². The van der Waals surface area contributed by atoms with Crippen LogP contribution in [-0.4, -0.2) is 36.9 Å². The van der Waals surface area contributed by atoms with Crippen molar-refractivity contribution in [3.8, 4) is 5.75 Å². The third kappa shape index (κ3) is 5.35. The van der Waals surface area contributed by atoms with Crippen LogP contribution in [0.5, 0.6) is 5.75 Å². The summed E-state index contributed by atoms with van der Waals surface area (Å²) < 4.78 is 12.0. The zero-order chi connectivity index (χ0) is 23.2. The summed E-state index contributed by atoms with van der Waals surface area (Å²) in [6.07, 6.45) is 0.572. The maximum Gasteiger partial charge on any atom is 0.197 e. The third-order valence-electron chi connectivity index (χ3n) is 6.07. The largest absolute Gasteiger partial charge is 0.492 e. The number of fused-ring (bicyclic) bond motifs is 1. The lowest BCUT2D eigenvalue weighted by molar-refractivity contribution is 0.103. The van der Waals surface area contributed by atoms with Gasteiger partial charge in [-0.05, 0) is 55.9 Å². The second kappa shape index (κ2) is 10.5. The van der Waals surface area contributed by atoms with Gasteiger partial charge in [-0.3, -0.25) is 4.79 Å². The lowest BCUT2D eigenvalue weighted by atomic mass is 9.97. The standard InChI is InChI=1S/C29H31NO3/c1-4-30(5-2)18-19-32-24-16-14-23(15-17-24)29(31)28-25-8-6-7-9-26(25)33-27(28)20-22-12-10-21(3)11-13-22/h6-17H,4-5,18-20H2,1-3H3. The number of nitrogens with zero attached hydrogens (tertiary/aromatic N) is 1. The Bertz CT molecular complexity index is 1200. The molecule has 33 heavy (non-hydrogen) atoms. The molecule has 1 heterocycles. The molecule has 0 aliphatic heterocycles. The Labute approximate surface area is 195 Å². The molecular formula is C29H31NO3. The molecule has 0 radical (unpaired) electrons. The minimum atomic E-state index is -0.0308. The zero-order valence-electron chi connectivity index (χ0n) is 19.6. The number of ether oxygens (including phenoxy) is 1. The van der Waals surface area contributed by atoms with Crippen LogP contribution in [0.1, 0.15) is 46.7 Å². The number of para-hydroxylation sites is 1. The minimum absolute atomic E-state index is 0.0308. The highest BCUT2D eigenvalue weighted by atomic mass is 16.5. The normalized spacial score (nSPS) is 11.3. The molecule has 0 fully saturated rings. The van der Waals surface area contributed by atoms with Crippen LogP contribution in [0.3, 0.4) is 0 Å². The molecule has 0 atom stereocenters. The average molecular weight is 442 g/mol. The van der Waals surface area contributed by atoms with Gasteiger partial charge in [-0.1, -0.05) is 61.9 Å². The summed E-state index contributed by atoms with van der Waals surface area (Å²) in [5.41, 5.74) is 4.33. The summed E-state index contributed by atoms with van der Waals surface area (Å²) in [5, 5.41) is 0.851. The Hall–Kier alpha value is -3.37. The number of aryl methyl sites for hydroxylation is 1. The van der Waals surface area contributed by atoms with Gasteiger partial charge in [-0.2, -0.15) is 0 Å². The predicted octanol–water partition coefficient (Wildman–Crippen LogP) is 6.28. The van der Waals surface area contributed by atoms with Gasteiger partial charge in [0, 0.05) is 23.9 Å². The number of furan rings is 1. The molecule has 0 unspecified atom stereocenters. The second-order valence-corrected chi connectivity index (χ2v) is 8.29. The summed E-state index contributed by atoms with van der Waals surface area (Å²) in [4.78, 5) is 15.9. The third-order valence-corrected chi connectivity index (χ3v) is 6.07. The Morgan fingerprint density at radius 3 is 2.30 bits per heavy atom. The van der Waals surface area contributed by atoms with E-state index < -0.39 is 0 Å². The fourth-order valence-corrected chi connectivity index (χ4v) is 4.04.